The molecule has 0 unspecified atom stereocenters. The maximum Gasteiger partial charge on any atom is 0.264 e. The van der Waals surface area contributed by atoms with Crippen molar-refractivity contribution in [3.8, 4) is 11.5 Å². The Morgan fingerprint density at radius 1 is 1.00 bits per heavy atom. The van der Waals surface area contributed by atoms with Crippen LogP contribution in [0.1, 0.15) is 50.3 Å². The van der Waals surface area contributed by atoms with Gasteiger partial charge in [-0.15, -0.1) is 0 Å². The highest BCUT2D eigenvalue weighted by atomic mass is 32.2. The van der Waals surface area contributed by atoms with Crippen molar-refractivity contribution in [2.75, 3.05) is 10.8 Å². The minimum Gasteiger partial charge on any atom is -0.487 e. The van der Waals surface area contributed by atoms with Gasteiger partial charge in [0.05, 0.1) is 23.2 Å². The summed E-state index contributed by atoms with van der Waals surface area (Å²) in [6.07, 6.45) is 1.22. The zero-order chi connectivity index (χ0) is 26.2. The van der Waals surface area contributed by atoms with Crippen LogP contribution in [0.5, 0.6) is 11.5 Å². The number of anilines is 1. The molecule has 3 aromatic carbocycles. The lowest BCUT2D eigenvalue weighted by atomic mass is 9.83. The van der Waals surface area contributed by atoms with Gasteiger partial charge in [0.1, 0.15) is 17.1 Å². The Kier molecular flexibility index (Phi) is 6.62. The first kappa shape index (κ1) is 25.1. The highest BCUT2D eigenvalue weighted by Gasteiger charge is 2.42. The van der Waals surface area contributed by atoms with Crippen molar-refractivity contribution in [1.29, 1.82) is 0 Å². The fourth-order valence-corrected chi connectivity index (χ4v) is 6.63. The number of hydrogen-bond donors (Lipinski definition) is 1. The molecule has 1 amide bonds. The summed E-state index contributed by atoms with van der Waals surface area (Å²) in [5.74, 6) is 0.768. The van der Waals surface area contributed by atoms with Crippen molar-refractivity contribution in [3.05, 3.63) is 83.9 Å². The van der Waals surface area contributed by atoms with Crippen molar-refractivity contribution in [2.45, 2.75) is 62.7 Å². The maximum absolute atomic E-state index is 13.7. The third kappa shape index (κ3) is 4.66. The van der Waals surface area contributed by atoms with Gasteiger partial charge in [0.25, 0.3) is 15.9 Å². The van der Waals surface area contributed by atoms with E-state index in [4.69, 9.17) is 9.47 Å². The van der Waals surface area contributed by atoms with Crippen molar-refractivity contribution in [1.82, 2.24) is 5.32 Å². The first-order valence-corrected chi connectivity index (χ1v) is 14.1. The van der Waals surface area contributed by atoms with Crippen molar-refractivity contribution in [3.63, 3.8) is 0 Å². The number of ether oxygens (including phenoxy) is 2. The number of para-hydroxylation sites is 1. The monoisotopic (exact) mass is 520 g/mol. The molecule has 8 heteroatoms. The highest BCUT2D eigenvalue weighted by molar-refractivity contribution is 7.92. The number of fused-ring (bicyclic) bond motifs is 2. The van der Waals surface area contributed by atoms with Crippen LogP contribution in [0.25, 0.3) is 0 Å². The summed E-state index contributed by atoms with van der Waals surface area (Å²) in [7, 11) is -3.91. The highest BCUT2D eigenvalue weighted by Crippen LogP contribution is 2.43. The molecule has 1 N–H and O–H groups in total. The molecular weight excluding hydrogens is 488 g/mol. The Hall–Kier alpha value is -3.52. The summed E-state index contributed by atoms with van der Waals surface area (Å²) < 4.78 is 41.1. The molecule has 2 aliphatic rings. The minimum absolute atomic E-state index is 0.128. The van der Waals surface area contributed by atoms with E-state index in [2.05, 4.69) is 19.2 Å². The van der Waals surface area contributed by atoms with Gasteiger partial charge >= 0.3 is 0 Å². The topological polar surface area (TPSA) is 84.9 Å². The molecular formula is C29H32N2O5S. The number of nitrogens with one attached hydrogen (secondary N) is 1. The van der Waals surface area contributed by atoms with Gasteiger partial charge in [0.2, 0.25) is 0 Å². The molecule has 0 aliphatic carbocycles. The number of aryl methyl sites for hydroxylation is 1. The van der Waals surface area contributed by atoms with E-state index in [-0.39, 0.29) is 29.0 Å². The first-order valence-electron chi connectivity index (χ1n) is 12.7. The molecule has 37 heavy (non-hydrogen) atoms. The molecule has 0 fully saturated rings. The minimum atomic E-state index is -3.91. The van der Waals surface area contributed by atoms with E-state index in [1.807, 2.05) is 37.3 Å². The lowest BCUT2D eigenvalue weighted by molar-refractivity contribution is -0.129. The van der Waals surface area contributed by atoms with E-state index in [1.54, 1.807) is 42.5 Å². The fourth-order valence-electron chi connectivity index (χ4n) is 5.14. The summed E-state index contributed by atoms with van der Waals surface area (Å²) in [5, 5.41) is 3.16. The molecule has 5 rings (SSSR count). The molecule has 2 aliphatic heterocycles. The number of nitrogens with zero attached hydrogens (tertiary/aromatic N) is 1. The number of sulfonamides is 1. The fraction of sp³-hybridized carbons (Fsp3) is 0.345. The van der Waals surface area contributed by atoms with Crippen LogP contribution >= 0.6 is 0 Å². The molecule has 7 nitrogen and oxygen atoms in total. The quantitative estimate of drug-likeness (QED) is 0.486. The Morgan fingerprint density at radius 2 is 1.70 bits per heavy atom. The number of benzene rings is 3. The van der Waals surface area contributed by atoms with Crippen LogP contribution in [0.4, 0.5) is 5.69 Å². The molecule has 0 radical (unpaired) electrons. The molecule has 2 atom stereocenters. The van der Waals surface area contributed by atoms with Crippen LogP contribution in [0.15, 0.2) is 77.7 Å². The number of rotatable bonds is 6. The SMILES string of the molecule is CCC1(CC)C[C@@H](NC(=O)[C@@H]2CN(S(=O)(=O)c3ccccc3)c3cc(C)ccc3O2)c2ccccc2O1. The predicted octanol–water partition coefficient (Wildman–Crippen LogP) is 5.15. The Labute approximate surface area is 218 Å². The van der Waals surface area contributed by atoms with Crippen molar-refractivity contribution >= 4 is 21.6 Å². The van der Waals surface area contributed by atoms with Crippen molar-refractivity contribution in [2.24, 2.45) is 0 Å². The van der Waals surface area contributed by atoms with E-state index >= 15 is 0 Å². The molecule has 0 saturated heterocycles. The van der Waals surface area contributed by atoms with Gasteiger partial charge in [-0.05, 0) is 55.7 Å². The van der Waals surface area contributed by atoms with Crippen LogP contribution < -0.4 is 19.1 Å². The van der Waals surface area contributed by atoms with Gasteiger partial charge in [0, 0.05) is 12.0 Å². The lowest BCUT2D eigenvalue weighted by Crippen LogP contribution is -2.52. The summed E-state index contributed by atoms with van der Waals surface area (Å²) in [6, 6.07) is 21.1. The van der Waals surface area contributed by atoms with Gasteiger partial charge in [-0.1, -0.05) is 56.3 Å². The van der Waals surface area contributed by atoms with Crippen LogP contribution in [0.2, 0.25) is 0 Å². The van der Waals surface area contributed by atoms with Gasteiger partial charge in [-0.2, -0.15) is 0 Å². The Morgan fingerprint density at radius 3 is 2.43 bits per heavy atom. The van der Waals surface area contributed by atoms with Crippen LogP contribution in [0, 0.1) is 6.92 Å². The maximum atomic E-state index is 13.7. The molecule has 0 bridgehead atoms. The van der Waals surface area contributed by atoms with E-state index in [0.29, 0.717) is 17.9 Å². The third-order valence-corrected chi connectivity index (χ3v) is 9.20. The largest absolute Gasteiger partial charge is 0.487 e. The van der Waals surface area contributed by atoms with E-state index < -0.39 is 16.1 Å². The van der Waals surface area contributed by atoms with E-state index in [9.17, 15) is 13.2 Å². The summed E-state index contributed by atoms with van der Waals surface area (Å²) in [6.45, 7) is 5.94. The molecule has 0 spiro atoms. The van der Waals surface area contributed by atoms with Gasteiger partial charge in [0.15, 0.2) is 6.10 Å². The van der Waals surface area contributed by atoms with Crippen LogP contribution in [-0.4, -0.2) is 32.6 Å². The van der Waals surface area contributed by atoms with Gasteiger partial charge < -0.3 is 14.8 Å². The zero-order valence-electron chi connectivity index (χ0n) is 21.3. The second-order valence-corrected chi connectivity index (χ2v) is 11.6. The second-order valence-electron chi connectivity index (χ2n) is 9.72. The number of amides is 1. The normalized spacial score (nSPS) is 20.1. The number of carbonyl (C=O) groups is 1. The van der Waals surface area contributed by atoms with Gasteiger partial charge in [-0.25, -0.2) is 8.42 Å². The average Bonchev–Trinajstić information content (AvgIpc) is 2.92. The zero-order valence-corrected chi connectivity index (χ0v) is 22.1. The molecule has 3 aromatic rings. The lowest BCUT2D eigenvalue weighted by Gasteiger charge is -2.42. The first-order chi connectivity index (χ1) is 17.8. The Bertz CT molecular complexity index is 1400. The molecule has 194 valence electrons. The second kappa shape index (κ2) is 9.74. The number of carbonyl (C=O) groups excluding carboxylic acids is 1. The van der Waals surface area contributed by atoms with E-state index in [1.165, 1.54) is 4.31 Å². The Balaban J connectivity index is 1.47. The van der Waals surface area contributed by atoms with Crippen LogP contribution in [0.3, 0.4) is 0 Å². The molecule has 0 aromatic heterocycles. The summed E-state index contributed by atoms with van der Waals surface area (Å²) >= 11 is 0. The van der Waals surface area contributed by atoms with Crippen molar-refractivity contribution < 1.29 is 22.7 Å². The average molecular weight is 521 g/mol. The number of hydrogen-bond acceptors (Lipinski definition) is 5. The van der Waals surface area contributed by atoms with Gasteiger partial charge in [-0.3, -0.25) is 9.10 Å². The van der Waals surface area contributed by atoms with E-state index in [0.717, 1.165) is 29.7 Å². The van der Waals surface area contributed by atoms with Crippen LogP contribution in [-0.2, 0) is 14.8 Å². The standard InChI is InChI=1S/C29H32N2O5S/c1-4-29(5-2)18-23(22-13-9-10-14-25(22)36-29)30-28(32)27-19-31(24-17-20(3)15-16-26(24)35-27)37(33,34)21-11-7-6-8-12-21/h6-17,23,27H,4-5,18-19H2,1-3H3,(H,30,32)/t23-,27+/m1/s1. The molecule has 2 heterocycles. The summed E-state index contributed by atoms with van der Waals surface area (Å²) in [4.78, 5) is 13.8. The molecule has 0 saturated carbocycles. The smallest absolute Gasteiger partial charge is 0.264 e. The third-order valence-electron chi connectivity index (χ3n) is 7.41. The summed E-state index contributed by atoms with van der Waals surface area (Å²) in [5.41, 5.74) is 1.86. The predicted molar refractivity (Wildman–Crippen MR) is 142 cm³/mol.